The number of rotatable bonds is 7. The molecule has 0 bridgehead atoms. The Hall–Kier alpha value is -3.65. The molecule has 36 heavy (non-hydrogen) atoms. The molecule has 0 atom stereocenters. The number of hydrogen-bond acceptors (Lipinski definition) is 4. The number of piperidine rings is 1. The molecule has 186 valence electrons. The first kappa shape index (κ1) is 24.1. The van der Waals surface area contributed by atoms with Gasteiger partial charge in [0.05, 0.1) is 16.8 Å². The van der Waals surface area contributed by atoms with E-state index in [0.29, 0.717) is 22.5 Å². The number of anilines is 1. The third-order valence-corrected chi connectivity index (χ3v) is 6.60. The summed E-state index contributed by atoms with van der Waals surface area (Å²) in [5.41, 5.74) is 3.60. The number of fused-ring (bicyclic) bond motifs is 1. The van der Waals surface area contributed by atoms with Gasteiger partial charge in [0.1, 0.15) is 6.54 Å². The number of benzene rings is 2. The lowest BCUT2D eigenvalue weighted by Crippen LogP contribution is -2.29. The number of nitrogens with one attached hydrogen (secondary N) is 1. The first-order valence-corrected chi connectivity index (χ1v) is 12.3. The summed E-state index contributed by atoms with van der Waals surface area (Å²) in [6.45, 7) is 4.70. The molecule has 1 N–H and O–H groups in total. The van der Waals surface area contributed by atoms with Gasteiger partial charge < -0.3 is 5.32 Å². The van der Waals surface area contributed by atoms with Crippen LogP contribution < -0.4 is 5.32 Å². The zero-order valence-corrected chi connectivity index (χ0v) is 20.3. The van der Waals surface area contributed by atoms with Crippen molar-refractivity contribution in [1.82, 2.24) is 19.7 Å². The topological polar surface area (TPSA) is 63.1 Å². The molecule has 2 aromatic heterocycles. The summed E-state index contributed by atoms with van der Waals surface area (Å²) in [7, 11) is 0. The quantitative estimate of drug-likeness (QED) is 0.348. The maximum Gasteiger partial charge on any atom is 0.264 e. The van der Waals surface area contributed by atoms with Gasteiger partial charge in [-0.25, -0.2) is 18.4 Å². The van der Waals surface area contributed by atoms with Crippen molar-refractivity contribution in [1.29, 1.82) is 0 Å². The van der Waals surface area contributed by atoms with Gasteiger partial charge in [-0.15, -0.1) is 0 Å². The molecule has 4 aromatic rings. The highest BCUT2D eigenvalue weighted by Crippen LogP contribution is 2.33. The highest BCUT2D eigenvalue weighted by Gasteiger charge is 2.22. The molecular formula is C28H29F2N5O. The number of hydrogen-bond donors (Lipinski definition) is 1. The standard InChI is InChI=1S/C28H29F2N5O/c1-19-26-23(27(29)30)16-24(21-8-4-2-5-9-21)32-28(26)35(33-19)18-25(36)31-22-12-10-20(11-13-22)17-34-14-6-3-7-15-34/h2,4-5,8-13,16,27H,3,6-7,14-15,17-18H2,1H3,(H,31,36). The van der Waals surface area contributed by atoms with Crippen LogP contribution >= 0.6 is 0 Å². The summed E-state index contributed by atoms with van der Waals surface area (Å²) >= 11 is 0. The van der Waals surface area contributed by atoms with Crippen LogP contribution in [0.1, 0.15) is 42.5 Å². The number of likely N-dealkylation sites (tertiary alicyclic amines) is 1. The molecular weight excluding hydrogens is 460 g/mol. The molecule has 8 heteroatoms. The van der Waals surface area contributed by atoms with E-state index in [-0.39, 0.29) is 23.7 Å². The summed E-state index contributed by atoms with van der Waals surface area (Å²) in [5, 5.41) is 7.56. The second-order valence-corrected chi connectivity index (χ2v) is 9.29. The minimum Gasteiger partial charge on any atom is -0.324 e. The van der Waals surface area contributed by atoms with Gasteiger partial charge in [-0.3, -0.25) is 9.69 Å². The number of alkyl halides is 2. The molecule has 0 unspecified atom stereocenters. The number of pyridine rings is 1. The van der Waals surface area contributed by atoms with Gasteiger partial charge in [-0.05, 0) is 56.6 Å². The molecule has 0 spiro atoms. The van der Waals surface area contributed by atoms with Crippen LogP contribution in [0.3, 0.4) is 0 Å². The van der Waals surface area contributed by atoms with E-state index in [1.807, 2.05) is 54.6 Å². The van der Waals surface area contributed by atoms with Crippen molar-refractivity contribution < 1.29 is 13.6 Å². The summed E-state index contributed by atoms with van der Waals surface area (Å²) in [5.74, 6) is -0.298. The Morgan fingerprint density at radius 3 is 2.44 bits per heavy atom. The Labute approximate surface area is 209 Å². The SMILES string of the molecule is Cc1nn(CC(=O)Nc2ccc(CN3CCCCC3)cc2)c2nc(-c3ccccc3)cc(C(F)F)c12. The first-order chi connectivity index (χ1) is 17.5. The number of carbonyl (C=O) groups excluding carboxylic acids is 1. The summed E-state index contributed by atoms with van der Waals surface area (Å²) in [6.07, 6.45) is 1.11. The van der Waals surface area contributed by atoms with Gasteiger partial charge in [0.2, 0.25) is 5.91 Å². The number of aromatic nitrogens is 3. The van der Waals surface area contributed by atoms with Gasteiger partial charge in [0.25, 0.3) is 6.43 Å². The smallest absolute Gasteiger partial charge is 0.264 e. The largest absolute Gasteiger partial charge is 0.324 e. The maximum atomic E-state index is 14.0. The lowest BCUT2D eigenvalue weighted by atomic mass is 10.1. The second kappa shape index (κ2) is 10.5. The van der Waals surface area contributed by atoms with Crippen LogP contribution in [0.2, 0.25) is 0 Å². The zero-order valence-electron chi connectivity index (χ0n) is 20.3. The average molecular weight is 490 g/mol. The fraction of sp³-hybridized carbons (Fsp3) is 0.321. The third-order valence-electron chi connectivity index (χ3n) is 6.60. The monoisotopic (exact) mass is 489 g/mol. The van der Waals surface area contributed by atoms with Crippen molar-refractivity contribution in [3.63, 3.8) is 0 Å². The number of aryl methyl sites for hydroxylation is 1. The van der Waals surface area contributed by atoms with Gasteiger partial charge in [-0.1, -0.05) is 48.9 Å². The van der Waals surface area contributed by atoms with E-state index in [0.717, 1.165) is 25.2 Å². The van der Waals surface area contributed by atoms with E-state index in [9.17, 15) is 13.6 Å². The van der Waals surface area contributed by atoms with Gasteiger partial charge in [0, 0.05) is 23.4 Å². The molecule has 1 aliphatic heterocycles. The molecule has 1 aliphatic rings. The minimum absolute atomic E-state index is 0.131. The number of nitrogens with zero attached hydrogens (tertiary/aromatic N) is 4. The Morgan fingerprint density at radius 2 is 1.75 bits per heavy atom. The van der Waals surface area contributed by atoms with E-state index in [1.54, 1.807) is 6.92 Å². The lowest BCUT2D eigenvalue weighted by Gasteiger charge is -2.26. The predicted molar refractivity (Wildman–Crippen MR) is 137 cm³/mol. The van der Waals surface area contributed by atoms with Crippen LogP contribution in [0.5, 0.6) is 0 Å². The molecule has 0 radical (unpaired) electrons. The van der Waals surface area contributed by atoms with Crippen molar-refractivity contribution in [2.45, 2.75) is 45.7 Å². The minimum atomic E-state index is -2.69. The van der Waals surface area contributed by atoms with Crippen LogP contribution in [-0.2, 0) is 17.9 Å². The third kappa shape index (κ3) is 5.28. The van der Waals surface area contributed by atoms with Crippen molar-refractivity contribution in [3.05, 3.63) is 77.5 Å². The van der Waals surface area contributed by atoms with Crippen molar-refractivity contribution in [3.8, 4) is 11.3 Å². The number of halogens is 2. The second-order valence-electron chi connectivity index (χ2n) is 9.29. The predicted octanol–water partition coefficient (Wildman–Crippen LogP) is 5.97. The normalized spacial score (nSPS) is 14.4. The highest BCUT2D eigenvalue weighted by atomic mass is 19.3. The van der Waals surface area contributed by atoms with Crippen molar-refractivity contribution >= 4 is 22.6 Å². The summed E-state index contributed by atoms with van der Waals surface area (Å²) in [6, 6.07) is 18.4. The molecule has 3 heterocycles. The van der Waals surface area contributed by atoms with Crippen molar-refractivity contribution in [2.75, 3.05) is 18.4 Å². The van der Waals surface area contributed by atoms with E-state index < -0.39 is 6.43 Å². The summed E-state index contributed by atoms with van der Waals surface area (Å²) in [4.78, 5) is 19.9. The van der Waals surface area contributed by atoms with Crippen molar-refractivity contribution in [2.24, 2.45) is 0 Å². The van der Waals surface area contributed by atoms with Gasteiger partial charge in [-0.2, -0.15) is 5.10 Å². The van der Waals surface area contributed by atoms with E-state index in [1.165, 1.54) is 35.6 Å². The molecule has 6 nitrogen and oxygen atoms in total. The molecule has 0 aliphatic carbocycles. The van der Waals surface area contributed by atoms with Crippen LogP contribution in [0.15, 0.2) is 60.7 Å². The Bertz CT molecular complexity index is 1350. The lowest BCUT2D eigenvalue weighted by molar-refractivity contribution is -0.116. The van der Waals surface area contributed by atoms with E-state index in [4.69, 9.17) is 0 Å². The fourth-order valence-electron chi connectivity index (χ4n) is 4.83. The molecule has 1 amide bonds. The molecule has 1 fully saturated rings. The number of amides is 1. The molecule has 5 rings (SSSR count). The van der Waals surface area contributed by atoms with Crippen LogP contribution in [0.25, 0.3) is 22.3 Å². The van der Waals surface area contributed by atoms with E-state index in [2.05, 4.69) is 20.3 Å². The van der Waals surface area contributed by atoms with Gasteiger partial charge >= 0.3 is 0 Å². The maximum absolute atomic E-state index is 14.0. The Morgan fingerprint density at radius 1 is 1.03 bits per heavy atom. The van der Waals surface area contributed by atoms with Crippen LogP contribution in [0, 0.1) is 6.92 Å². The van der Waals surface area contributed by atoms with Crippen LogP contribution in [-0.4, -0.2) is 38.7 Å². The molecule has 0 saturated carbocycles. The van der Waals surface area contributed by atoms with E-state index >= 15 is 0 Å². The highest BCUT2D eigenvalue weighted by molar-refractivity contribution is 5.92. The average Bonchev–Trinajstić information content (AvgIpc) is 3.20. The number of carbonyl (C=O) groups is 1. The first-order valence-electron chi connectivity index (χ1n) is 12.3. The fourth-order valence-corrected chi connectivity index (χ4v) is 4.83. The Kier molecular flexibility index (Phi) is 7.04. The zero-order chi connectivity index (χ0) is 25.1. The molecule has 1 saturated heterocycles. The summed E-state index contributed by atoms with van der Waals surface area (Å²) < 4.78 is 29.3. The molecule has 2 aromatic carbocycles. The Balaban J connectivity index is 1.35. The van der Waals surface area contributed by atoms with Gasteiger partial charge in [0.15, 0.2) is 5.65 Å². The van der Waals surface area contributed by atoms with Crippen LogP contribution in [0.4, 0.5) is 14.5 Å².